The van der Waals surface area contributed by atoms with Gasteiger partial charge in [0.1, 0.15) is 0 Å². The van der Waals surface area contributed by atoms with Crippen molar-refractivity contribution in [3.8, 4) is 0 Å². The number of rotatable bonds is 7. The van der Waals surface area contributed by atoms with E-state index in [9.17, 15) is 0 Å². The molecule has 2 aromatic heterocycles. The SMILES string of the molecule is CCCCC(NCCC)c1cnc2ccsc2c1. The van der Waals surface area contributed by atoms with Gasteiger partial charge in [0.2, 0.25) is 0 Å². The van der Waals surface area contributed by atoms with E-state index in [-0.39, 0.29) is 0 Å². The first-order chi connectivity index (χ1) is 8.85. The molecule has 0 spiro atoms. The third kappa shape index (κ3) is 3.30. The number of pyridine rings is 1. The lowest BCUT2D eigenvalue weighted by molar-refractivity contribution is 0.481. The number of aromatic nitrogens is 1. The summed E-state index contributed by atoms with van der Waals surface area (Å²) in [6, 6.07) is 4.85. The Morgan fingerprint density at radius 1 is 1.33 bits per heavy atom. The third-order valence-electron chi connectivity index (χ3n) is 3.21. The van der Waals surface area contributed by atoms with Crippen molar-refractivity contribution in [1.82, 2.24) is 10.3 Å². The highest BCUT2D eigenvalue weighted by atomic mass is 32.1. The molecule has 2 nitrogen and oxygen atoms in total. The molecule has 0 aliphatic rings. The summed E-state index contributed by atoms with van der Waals surface area (Å²) in [6.07, 6.45) is 6.94. The van der Waals surface area contributed by atoms with E-state index < -0.39 is 0 Å². The average Bonchev–Trinajstić information content (AvgIpc) is 2.86. The predicted molar refractivity (Wildman–Crippen MR) is 80.2 cm³/mol. The van der Waals surface area contributed by atoms with Crippen molar-refractivity contribution in [2.45, 2.75) is 45.6 Å². The number of nitrogens with zero attached hydrogens (tertiary/aromatic N) is 1. The van der Waals surface area contributed by atoms with Crippen LogP contribution in [-0.4, -0.2) is 11.5 Å². The molecule has 98 valence electrons. The van der Waals surface area contributed by atoms with Crippen molar-refractivity contribution < 1.29 is 0 Å². The van der Waals surface area contributed by atoms with Gasteiger partial charge in [0, 0.05) is 12.2 Å². The summed E-state index contributed by atoms with van der Waals surface area (Å²) in [6.45, 7) is 5.54. The Morgan fingerprint density at radius 2 is 2.22 bits per heavy atom. The van der Waals surface area contributed by atoms with Crippen LogP contribution in [0.2, 0.25) is 0 Å². The second kappa shape index (κ2) is 6.86. The summed E-state index contributed by atoms with van der Waals surface area (Å²) in [5, 5.41) is 5.76. The number of hydrogen-bond acceptors (Lipinski definition) is 3. The van der Waals surface area contributed by atoms with E-state index in [1.807, 2.05) is 6.20 Å². The van der Waals surface area contributed by atoms with Gasteiger partial charge in [0.05, 0.1) is 10.2 Å². The van der Waals surface area contributed by atoms with E-state index in [4.69, 9.17) is 0 Å². The van der Waals surface area contributed by atoms with Crippen LogP contribution in [0.1, 0.15) is 51.1 Å². The molecule has 0 saturated carbocycles. The number of thiophene rings is 1. The molecule has 1 unspecified atom stereocenters. The van der Waals surface area contributed by atoms with Crippen molar-refractivity contribution >= 4 is 21.6 Å². The van der Waals surface area contributed by atoms with Crippen molar-refractivity contribution in [3.05, 3.63) is 29.3 Å². The quantitative estimate of drug-likeness (QED) is 0.793. The van der Waals surface area contributed by atoms with E-state index in [0.29, 0.717) is 6.04 Å². The van der Waals surface area contributed by atoms with Gasteiger partial charge in [-0.15, -0.1) is 11.3 Å². The van der Waals surface area contributed by atoms with E-state index in [1.165, 1.54) is 35.9 Å². The second-order valence-electron chi connectivity index (χ2n) is 4.72. The lowest BCUT2D eigenvalue weighted by Gasteiger charge is -2.18. The number of nitrogens with one attached hydrogen (secondary N) is 1. The topological polar surface area (TPSA) is 24.9 Å². The minimum atomic E-state index is 0.462. The Morgan fingerprint density at radius 3 is 3.00 bits per heavy atom. The molecule has 2 rings (SSSR count). The van der Waals surface area contributed by atoms with Gasteiger partial charge in [-0.05, 0) is 42.5 Å². The molecule has 18 heavy (non-hydrogen) atoms. The average molecular weight is 262 g/mol. The summed E-state index contributed by atoms with van der Waals surface area (Å²) < 4.78 is 1.30. The Hall–Kier alpha value is -0.930. The van der Waals surface area contributed by atoms with E-state index in [2.05, 4.69) is 41.7 Å². The van der Waals surface area contributed by atoms with Gasteiger partial charge in [-0.2, -0.15) is 0 Å². The molecule has 0 radical (unpaired) electrons. The lowest BCUT2D eigenvalue weighted by Crippen LogP contribution is -2.22. The minimum absolute atomic E-state index is 0.462. The fraction of sp³-hybridized carbons (Fsp3) is 0.533. The van der Waals surface area contributed by atoms with Crippen molar-refractivity contribution in [1.29, 1.82) is 0 Å². The highest BCUT2D eigenvalue weighted by molar-refractivity contribution is 7.17. The molecule has 0 amide bonds. The molecule has 0 aliphatic carbocycles. The molecule has 2 aromatic rings. The standard InChI is InChI=1S/C15H22N2S/c1-3-5-6-13(16-8-4-2)12-10-15-14(17-11-12)7-9-18-15/h7,9-11,13,16H,3-6,8H2,1-2H3. The van der Waals surface area contributed by atoms with Gasteiger partial charge in [-0.25, -0.2) is 0 Å². The Labute approximate surface area is 113 Å². The zero-order valence-corrected chi connectivity index (χ0v) is 12.1. The van der Waals surface area contributed by atoms with Crippen LogP contribution in [0, 0.1) is 0 Å². The maximum absolute atomic E-state index is 4.55. The highest BCUT2D eigenvalue weighted by Gasteiger charge is 2.11. The molecule has 1 atom stereocenters. The fourth-order valence-electron chi connectivity index (χ4n) is 2.17. The van der Waals surface area contributed by atoms with Crippen LogP contribution in [0.5, 0.6) is 0 Å². The summed E-state index contributed by atoms with van der Waals surface area (Å²) in [5.74, 6) is 0. The molecular weight excluding hydrogens is 240 g/mol. The van der Waals surface area contributed by atoms with Gasteiger partial charge in [-0.1, -0.05) is 26.7 Å². The van der Waals surface area contributed by atoms with Crippen LogP contribution in [0.25, 0.3) is 10.2 Å². The molecule has 0 aromatic carbocycles. The van der Waals surface area contributed by atoms with Crippen LogP contribution in [-0.2, 0) is 0 Å². The van der Waals surface area contributed by atoms with Crippen LogP contribution in [0.4, 0.5) is 0 Å². The van der Waals surface area contributed by atoms with E-state index in [1.54, 1.807) is 11.3 Å². The molecule has 1 N–H and O–H groups in total. The summed E-state index contributed by atoms with van der Waals surface area (Å²) in [7, 11) is 0. The summed E-state index contributed by atoms with van der Waals surface area (Å²) >= 11 is 1.78. The zero-order valence-electron chi connectivity index (χ0n) is 11.3. The van der Waals surface area contributed by atoms with Crippen molar-refractivity contribution in [2.75, 3.05) is 6.54 Å². The lowest BCUT2D eigenvalue weighted by atomic mass is 10.0. The van der Waals surface area contributed by atoms with Gasteiger partial charge < -0.3 is 5.32 Å². The first-order valence-electron chi connectivity index (χ1n) is 6.91. The van der Waals surface area contributed by atoms with Gasteiger partial charge >= 0.3 is 0 Å². The molecule has 2 heterocycles. The monoisotopic (exact) mass is 262 g/mol. The molecule has 0 saturated heterocycles. The summed E-state index contributed by atoms with van der Waals surface area (Å²) in [5.41, 5.74) is 2.46. The zero-order chi connectivity index (χ0) is 12.8. The van der Waals surface area contributed by atoms with Crippen molar-refractivity contribution in [3.63, 3.8) is 0 Å². The first-order valence-corrected chi connectivity index (χ1v) is 7.79. The molecule has 0 fully saturated rings. The largest absolute Gasteiger partial charge is 0.310 e. The van der Waals surface area contributed by atoms with Crippen molar-refractivity contribution in [2.24, 2.45) is 0 Å². The predicted octanol–water partition coefficient (Wildman–Crippen LogP) is 4.53. The van der Waals surface area contributed by atoms with Gasteiger partial charge in [0.25, 0.3) is 0 Å². The van der Waals surface area contributed by atoms with E-state index >= 15 is 0 Å². The number of hydrogen-bond donors (Lipinski definition) is 1. The minimum Gasteiger partial charge on any atom is -0.310 e. The molecule has 0 aliphatic heterocycles. The third-order valence-corrected chi connectivity index (χ3v) is 4.07. The fourth-order valence-corrected chi connectivity index (χ4v) is 2.95. The van der Waals surface area contributed by atoms with E-state index in [0.717, 1.165) is 12.1 Å². The maximum Gasteiger partial charge on any atom is 0.0809 e. The van der Waals surface area contributed by atoms with Gasteiger partial charge in [-0.3, -0.25) is 4.98 Å². The molecule has 0 bridgehead atoms. The van der Waals surface area contributed by atoms with Crippen LogP contribution < -0.4 is 5.32 Å². The molecule has 3 heteroatoms. The summed E-state index contributed by atoms with van der Waals surface area (Å²) in [4.78, 5) is 4.55. The number of unbranched alkanes of at least 4 members (excludes halogenated alkanes) is 1. The van der Waals surface area contributed by atoms with Crippen LogP contribution in [0.15, 0.2) is 23.7 Å². The Bertz CT molecular complexity index is 470. The van der Waals surface area contributed by atoms with Crippen LogP contribution >= 0.6 is 11.3 Å². The Kier molecular flexibility index (Phi) is 5.14. The maximum atomic E-state index is 4.55. The van der Waals surface area contributed by atoms with Gasteiger partial charge in [0.15, 0.2) is 0 Å². The number of fused-ring (bicyclic) bond motifs is 1. The second-order valence-corrected chi connectivity index (χ2v) is 5.67. The van der Waals surface area contributed by atoms with Crippen LogP contribution in [0.3, 0.4) is 0 Å². The highest BCUT2D eigenvalue weighted by Crippen LogP contribution is 2.25. The Balaban J connectivity index is 2.16. The normalized spacial score (nSPS) is 13.0. The molecular formula is C15H22N2S. The first kappa shape index (κ1) is 13.5. The smallest absolute Gasteiger partial charge is 0.0809 e.